The average molecular weight is 523 g/mol. The summed E-state index contributed by atoms with van der Waals surface area (Å²) < 4.78 is 17.8. The summed E-state index contributed by atoms with van der Waals surface area (Å²) >= 11 is 0. The number of hydrogen-bond donors (Lipinski definition) is 1. The third kappa shape index (κ3) is 5.30. The third-order valence-electron chi connectivity index (χ3n) is 6.54. The van der Waals surface area contributed by atoms with Crippen molar-refractivity contribution >= 4 is 11.6 Å². The van der Waals surface area contributed by atoms with Crippen LogP contribution in [0.5, 0.6) is 11.8 Å². The minimum atomic E-state index is -0.151. The van der Waals surface area contributed by atoms with Crippen molar-refractivity contribution in [2.45, 2.75) is 53.3 Å². The number of nitrogens with zero attached hydrogens (tertiary/aromatic N) is 8. The number of aliphatic hydroxyl groups excluding tert-OH is 1. The van der Waals surface area contributed by atoms with Gasteiger partial charge in [-0.1, -0.05) is 6.58 Å². The molecule has 0 aromatic carbocycles. The summed E-state index contributed by atoms with van der Waals surface area (Å²) in [4.78, 5) is 11.2. The molecule has 2 unspecified atom stereocenters. The van der Waals surface area contributed by atoms with Gasteiger partial charge in [0, 0.05) is 31.9 Å². The van der Waals surface area contributed by atoms with E-state index in [1.54, 1.807) is 23.2 Å². The van der Waals surface area contributed by atoms with Crippen LogP contribution >= 0.6 is 0 Å². The van der Waals surface area contributed by atoms with Crippen LogP contribution in [0.2, 0.25) is 0 Å². The Hall–Kier alpha value is -3.70. The summed E-state index contributed by atoms with van der Waals surface area (Å²) in [7, 11) is 3.92. The van der Waals surface area contributed by atoms with E-state index in [9.17, 15) is 5.11 Å². The first-order valence-corrected chi connectivity index (χ1v) is 12.8. The second-order valence-electron chi connectivity index (χ2n) is 9.69. The Balaban J connectivity index is 1.54. The second kappa shape index (κ2) is 11.4. The zero-order chi connectivity index (χ0) is 27.6. The highest BCUT2D eigenvalue weighted by Crippen LogP contribution is 2.33. The van der Waals surface area contributed by atoms with Crippen LogP contribution in [0.3, 0.4) is 0 Å². The molecule has 11 nitrogen and oxygen atoms in total. The molecule has 0 fully saturated rings. The highest BCUT2D eigenvalue weighted by atomic mass is 16.5. The summed E-state index contributed by atoms with van der Waals surface area (Å²) in [6, 6.07) is -0.151. The molecule has 0 saturated carbocycles. The summed E-state index contributed by atoms with van der Waals surface area (Å²) in [6.07, 6.45) is 7.07. The molecular formula is C27H38N8O3. The van der Waals surface area contributed by atoms with Crippen molar-refractivity contribution in [3.8, 4) is 23.0 Å². The van der Waals surface area contributed by atoms with E-state index in [1.165, 1.54) is 0 Å². The lowest BCUT2D eigenvalue weighted by Gasteiger charge is -2.24. The van der Waals surface area contributed by atoms with E-state index in [4.69, 9.17) is 9.47 Å². The maximum absolute atomic E-state index is 9.75. The first-order valence-electron chi connectivity index (χ1n) is 12.8. The van der Waals surface area contributed by atoms with Crippen LogP contribution in [0.15, 0.2) is 25.2 Å². The molecule has 4 rings (SSSR count). The number of likely N-dealkylation sites (N-methyl/N-ethyl adjacent to an activating group) is 1. The van der Waals surface area contributed by atoms with Gasteiger partial charge in [-0.3, -0.25) is 19.0 Å². The first kappa shape index (κ1) is 27.3. The zero-order valence-corrected chi connectivity index (χ0v) is 23.3. The van der Waals surface area contributed by atoms with Gasteiger partial charge >= 0.3 is 0 Å². The molecule has 0 aliphatic carbocycles. The van der Waals surface area contributed by atoms with Gasteiger partial charge in [-0.25, -0.2) is 9.67 Å². The van der Waals surface area contributed by atoms with Crippen LogP contribution in [-0.2, 0) is 13.6 Å². The molecule has 204 valence electrons. The normalized spacial score (nSPS) is 13.3. The summed E-state index contributed by atoms with van der Waals surface area (Å²) in [5.74, 6) is 2.02. The number of fused-ring (bicyclic) bond motifs is 1. The molecule has 0 spiro atoms. The molecule has 0 aliphatic rings. The molecule has 4 aromatic rings. The average Bonchev–Trinajstić information content (AvgIpc) is 3.52. The lowest BCUT2D eigenvalue weighted by molar-refractivity contribution is 0.145. The second-order valence-corrected chi connectivity index (χ2v) is 9.69. The number of imidazole rings is 1. The molecule has 4 aromatic heterocycles. The first-order chi connectivity index (χ1) is 18.2. The van der Waals surface area contributed by atoms with E-state index in [0.717, 1.165) is 39.5 Å². The fraction of sp³-hybridized carbons (Fsp3) is 0.481. The lowest BCUT2D eigenvalue weighted by Crippen LogP contribution is -2.32. The van der Waals surface area contributed by atoms with Crippen LogP contribution in [0, 0.1) is 13.8 Å². The van der Waals surface area contributed by atoms with Crippen LogP contribution in [0.25, 0.3) is 22.9 Å². The van der Waals surface area contributed by atoms with Crippen molar-refractivity contribution in [3.63, 3.8) is 0 Å². The molecule has 11 heteroatoms. The smallest absolute Gasteiger partial charge is 0.236 e. The number of aryl methyl sites for hydroxylation is 2. The summed E-state index contributed by atoms with van der Waals surface area (Å²) in [5, 5.41) is 19.0. The molecular weight excluding hydrogens is 484 g/mol. The van der Waals surface area contributed by atoms with Gasteiger partial charge < -0.3 is 14.6 Å². The van der Waals surface area contributed by atoms with Crippen LogP contribution in [0.4, 0.5) is 0 Å². The van der Waals surface area contributed by atoms with Crippen molar-refractivity contribution < 1.29 is 14.6 Å². The Morgan fingerprint density at radius 3 is 2.61 bits per heavy atom. The van der Waals surface area contributed by atoms with Crippen LogP contribution < -0.4 is 9.47 Å². The maximum atomic E-state index is 9.75. The van der Waals surface area contributed by atoms with E-state index in [2.05, 4.69) is 31.6 Å². The number of hydrogen-bond acceptors (Lipinski definition) is 8. The highest BCUT2D eigenvalue weighted by molar-refractivity contribution is 5.69. The van der Waals surface area contributed by atoms with Gasteiger partial charge in [0.05, 0.1) is 59.8 Å². The molecule has 38 heavy (non-hydrogen) atoms. The lowest BCUT2D eigenvalue weighted by atomic mass is 10.2. The Bertz CT molecular complexity index is 1420. The van der Waals surface area contributed by atoms with Crippen molar-refractivity contribution in [2.24, 2.45) is 7.05 Å². The Morgan fingerprint density at radius 1 is 1.18 bits per heavy atom. The van der Waals surface area contributed by atoms with Crippen LogP contribution in [0.1, 0.15) is 49.6 Å². The van der Waals surface area contributed by atoms with E-state index in [-0.39, 0.29) is 18.8 Å². The predicted molar refractivity (Wildman–Crippen MR) is 146 cm³/mol. The topological polar surface area (TPSA) is 108 Å². The SMILES string of the molecule is C=Cc1ncc2cnc(-c3c(C)nn(C)c3OC(C)CN(C)Cc3c(C)c(OCC)nn3C(C)CO)cn12. The summed E-state index contributed by atoms with van der Waals surface area (Å²) in [5.41, 5.74) is 5.31. The minimum Gasteiger partial charge on any atom is -0.477 e. The van der Waals surface area contributed by atoms with Gasteiger partial charge in [0.25, 0.3) is 0 Å². The fourth-order valence-corrected chi connectivity index (χ4v) is 4.69. The molecule has 0 amide bonds. The maximum Gasteiger partial charge on any atom is 0.236 e. The van der Waals surface area contributed by atoms with Gasteiger partial charge in [0.15, 0.2) is 0 Å². The van der Waals surface area contributed by atoms with Gasteiger partial charge in [-0.15, -0.1) is 5.10 Å². The number of aromatic nitrogens is 7. The largest absolute Gasteiger partial charge is 0.477 e. The standard InChI is InChI=1S/C27H38N8O3/c1-9-24-29-12-21-11-28-22(14-34(21)24)25-20(6)30-33(8)27(25)38-18(4)13-32(7)15-23-19(5)26(37-10-2)31-35(23)17(3)16-36/h9,11-12,14,17-18,36H,1,10,13,15-16H2,2-8H3. The van der Waals surface area contributed by atoms with Gasteiger partial charge in [0.2, 0.25) is 11.8 Å². The molecule has 2 atom stereocenters. The quantitative estimate of drug-likeness (QED) is 0.302. The molecule has 4 heterocycles. The van der Waals surface area contributed by atoms with Crippen LogP contribution in [-0.4, -0.2) is 76.8 Å². The third-order valence-corrected chi connectivity index (χ3v) is 6.54. The zero-order valence-electron chi connectivity index (χ0n) is 23.3. The molecule has 0 bridgehead atoms. The molecule has 0 aliphatic heterocycles. The van der Waals surface area contributed by atoms with Crippen molar-refractivity contribution in [2.75, 3.05) is 26.8 Å². The highest BCUT2D eigenvalue weighted by Gasteiger charge is 2.23. The number of aliphatic hydroxyl groups is 1. The van der Waals surface area contributed by atoms with E-state index < -0.39 is 0 Å². The monoisotopic (exact) mass is 522 g/mol. The number of rotatable bonds is 12. The Labute approximate surface area is 223 Å². The summed E-state index contributed by atoms with van der Waals surface area (Å²) in [6.45, 7) is 15.6. The van der Waals surface area contributed by atoms with Gasteiger partial charge in [-0.2, -0.15) is 5.10 Å². The minimum absolute atomic E-state index is 0.00127. The predicted octanol–water partition coefficient (Wildman–Crippen LogP) is 3.44. The van der Waals surface area contributed by atoms with Crippen molar-refractivity contribution in [1.82, 2.24) is 38.8 Å². The van der Waals surface area contributed by atoms with E-state index in [1.807, 2.05) is 64.0 Å². The van der Waals surface area contributed by atoms with E-state index in [0.29, 0.717) is 31.5 Å². The molecule has 0 radical (unpaired) electrons. The van der Waals surface area contributed by atoms with Gasteiger partial charge in [-0.05, 0) is 47.7 Å². The molecule has 1 N–H and O–H groups in total. The van der Waals surface area contributed by atoms with Crippen molar-refractivity contribution in [1.29, 1.82) is 0 Å². The van der Waals surface area contributed by atoms with Gasteiger partial charge in [0.1, 0.15) is 11.9 Å². The number of ether oxygens (including phenoxy) is 2. The fourth-order valence-electron chi connectivity index (χ4n) is 4.69. The van der Waals surface area contributed by atoms with E-state index >= 15 is 0 Å². The Kier molecular flexibility index (Phi) is 8.17. The molecule has 0 saturated heterocycles. The van der Waals surface area contributed by atoms with Crippen molar-refractivity contribution in [3.05, 3.63) is 47.9 Å². The Morgan fingerprint density at radius 2 is 1.92 bits per heavy atom.